The van der Waals surface area contributed by atoms with Gasteiger partial charge in [0.2, 0.25) is 0 Å². The van der Waals surface area contributed by atoms with Crippen LogP contribution in [-0.4, -0.2) is 70.3 Å². The molecule has 0 unspecified atom stereocenters. The monoisotopic (exact) mass is 1140 g/mol. The van der Waals surface area contributed by atoms with Crippen LogP contribution in [0, 0.1) is 11.8 Å². The Hall–Kier alpha value is -5.64. The summed E-state index contributed by atoms with van der Waals surface area (Å²) < 4.78 is 5.99. The Morgan fingerprint density at radius 2 is 0.358 bits per heavy atom. The van der Waals surface area contributed by atoms with Crippen molar-refractivity contribution >= 4 is 43.1 Å². The van der Waals surface area contributed by atoms with E-state index in [1.165, 1.54) is 43.1 Å². The highest BCUT2D eigenvalue weighted by molar-refractivity contribution is 5.85. The van der Waals surface area contributed by atoms with Crippen LogP contribution in [0.15, 0.2) is 182 Å². The molecule has 0 fully saturated rings. The lowest BCUT2D eigenvalue weighted by Gasteiger charge is -2.08. The van der Waals surface area contributed by atoms with E-state index in [-0.39, 0.29) is 84.2 Å². The summed E-state index contributed by atoms with van der Waals surface area (Å²) >= 11 is 0. The van der Waals surface area contributed by atoms with Crippen molar-refractivity contribution in [3.63, 3.8) is 0 Å². The highest BCUT2D eigenvalue weighted by Gasteiger charge is 2.01. The SMILES string of the molecule is C.C.C.C.C.C.CC.CC.CC.CC.CC(C)C.CC(C)C.CCO.CCO.CCO.CCO.CCO.CCO.c1ccc2cc(Oc3ccc4ccccc4c3)ccc2c1.c1ccc2ccccc2c1.c1ccc2ccccc2c1. The van der Waals surface area contributed by atoms with Gasteiger partial charge in [-0.25, -0.2) is 0 Å². The van der Waals surface area contributed by atoms with E-state index in [0.29, 0.717) is 0 Å². The zero-order valence-electron chi connectivity index (χ0n) is 50.8. The number of fused-ring (bicyclic) bond motifs is 4. The maximum Gasteiger partial charge on any atom is 0.128 e. The van der Waals surface area contributed by atoms with Gasteiger partial charge < -0.3 is 35.4 Å². The lowest BCUT2D eigenvalue weighted by atomic mass is 10.1. The maximum atomic E-state index is 7.57. The first kappa shape index (κ1) is 107. The van der Waals surface area contributed by atoms with E-state index >= 15 is 0 Å². The normalized spacial score (nSPS) is 7.80. The Balaban J connectivity index is -0.0000000613. The zero-order valence-corrected chi connectivity index (χ0v) is 50.8. The van der Waals surface area contributed by atoms with E-state index in [1.54, 1.807) is 41.5 Å². The van der Waals surface area contributed by atoms with Crippen LogP contribution in [0.25, 0.3) is 43.1 Å². The van der Waals surface area contributed by atoms with Gasteiger partial charge in [0.15, 0.2) is 0 Å². The number of ether oxygens (including phenoxy) is 1. The molecule has 0 saturated heterocycles. The molecular weight excluding hydrogens is 1000 g/mol. The van der Waals surface area contributed by atoms with Gasteiger partial charge in [-0.1, -0.05) is 299 Å². The van der Waals surface area contributed by atoms with Crippen LogP contribution in [0.3, 0.4) is 0 Å². The minimum atomic E-state index is 0. The van der Waals surface area contributed by atoms with E-state index in [2.05, 4.69) is 187 Å². The van der Waals surface area contributed by atoms with Gasteiger partial charge in [-0.3, -0.25) is 0 Å². The van der Waals surface area contributed by atoms with Crippen molar-refractivity contribution in [2.24, 2.45) is 11.8 Å². The molecule has 0 saturated carbocycles. The van der Waals surface area contributed by atoms with E-state index < -0.39 is 0 Å². The molecule has 0 aliphatic rings. The molecule has 0 radical (unpaired) electrons. The van der Waals surface area contributed by atoms with E-state index in [4.69, 9.17) is 35.4 Å². The largest absolute Gasteiger partial charge is 0.457 e. The number of aliphatic hydroxyl groups excluding tert-OH is 6. The highest BCUT2D eigenvalue weighted by atomic mass is 16.5. The van der Waals surface area contributed by atoms with E-state index in [0.717, 1.165) is 23.3 Å². The Morgan fingerprint density at radius 3 is 0.494 bits per heavy atom. The molecule has 0 amide bonds. The summed E-state index contributed by atoms with van der Waals surface area (Å²) in [5, 5.41) is 55.5. The van der Waals surface area contributed by atoms with Crippen LogP contribution < -0.4 is 4.74 Å². The minimum Gasteiger partial charge on any atom is -0.457 e. The Bertz CT molecular complexity index is 1970. The third-order valence-electron chi connectivity index (χ3n) is 6.99. The van der Waals surface area contributed by atoms with Crippen LogP contribution >= 0.6 is 0 Å². The molecule has 81 heavy (non-hydrogen) atoms. The van der Waals surface area contributed by atoms with Crippen LogP contribution in [0.4, 0.5) is 0 Å². The molecule has 7 nitrogen and oxygen atoms in total. The lowest BCUT2D eigenvalue weighted by Crippen LogP contribution is -1.84. The standard InChI is InChI=1S/C20H14O.2C10H8.2C4H10.6C2H6O.4C2H6.6CH4/c1-3-7-17-13-19(11-9-15(17)5-1)21-20-12-10-16-6-2-4-8-18(16)14-20;2*1-2-6-10-8-4-3-7-9(10)5-1;2*1-4(2)3;6*1-2-3;4*1-2;;;;;;/h1-14H;2*1-8H;2*4H,1-3H3;6*3H,2H2,1H3;4*1-2H3;6*1H4. The van der Waals surface area contributed by atoms with Crippen LogP contribution in [0.2, 0.25) is 0 Å². The topological polar surface area (TPSA) is 131 Å². The molecule has 7 heteroatoms. The first-order valence-corrected chi connectivity index (χ1v) is 27.5. The van der Waals surface area contributed by atoms with Crippen molar-refractivity contribution in [3.8, 4) is 11.5 Å². The highest BCUT2D eigenvalue weighted by Crippen LogP contribution is 2.28. The molecule has 8 rings (SSSR count). The van der Waals surface area contributed by atoms with Crippen LogP contribution in [0.5, 0.6) is 11.5 Å². The van der Waals surface area contributed by atoms with Gasteiger partial charge in [0.1, 0.15) is 11.5 Å². The van der Waals surface area contributed by atoms with E-state index in [1.807, 2.05) is 91.8 Å². The molecule has 472 valence electrons. The second-order valence-corrected chi connectivity index (χ2v) is 15.2. The summed E-state index contributed by atoms with van der Waals surface area (Å²) in [6, 6.07) is 62.4. The molecular formula is C74H134O7. The first-order valence-electron chi connectivity index (χ1n) is 27.5. The van der Waals surface area contributed by atoms with Crippen LogP contribution in [-0.2, 0) is 0 Å². The van der Waals surface area contributed by atoms with Crippen molar-refractivity contribution < 1.29 is 35.4 Å². The third kappa shape index (κ3) is 70.4. The molecule has 6 N–H and O–H groups in total. The van der Waals surface area contributed by atoms with Crippen LogP contribution in [0.1, 0.15) is 183 Å². The summed E-state index contributed by atoms with van der Waals surface area (Å²) in [4.78, 5) is 0. The first-order chi connectivity index (χ1) is 36.3. The summed E-state index contributed by atoms with van der Waals surface area (Å²) in [5.74, 6) is 3.40. The van der Waals surface area contributed by atoms with Gasteiger partial charge in [-0.2, -0.15) is 0 Å². The second kappa shape index (κ2) is 88.2. The van der Waals surface area contributed by atoms with Crippen molar-refractivity contribution in [2.45, 2.75) is 183 Å². The van der Waals surface area contributed by atoms with Crippen molar-refractivity contribution in [2.75, 3.05) is 39.6 Å². The van der Waals surface area contributed by atoms with Crippen molar-refractivity contribution in [1.82, 2.24) is 0 Å². The van der Waals surface area contributed by atoms with Crippen molar-refractivity contribution in [3.05, 3.63) is 182 Å². The fourth-order valence-electron chi connectivity index (χ4n) is 4.86. The molecule has 8 aromatic rings. The van der Waals surface area contributed by atoms with Crippen molar-refractivity contribution in [1.29, 1.82) is 0 Å². The van der Waals surface area contributed by atoms with Gasteiger partial charge in [-0.05, 0) is 121 Å². The summed E-state index contributed by atoms with van der Waals surface area (Å²) in [6.45, 7) is 40.6. The average molecular weight is 1140 g/mol. The fourth-order valence-corrected chi connectivity index (χ4v) is 4.86. The summed E-state index contributed by atoms with van der Waals surface area (Å²) in [5.41, 5.74) is 0. The predicted molar refractivity (Wildman–Crippen MR) is 379 cm³/mol. The fraction of sp³-hybridized carbons (Fsp3) is 0.459. The number of benzene rings is 8. The molecule has 0 aliphatic carbocycles. The Labute approximate surface area is 504 Å². The van der Waals surface area contributed by atoms with Gasteiger partial charge >= 0.3 is 0 Å². The molecule has 0 heterocycles. The Morgan fingerprint density at radius 1 is 0.247 bits per heavy atom. The molecule has 0 aliphatic heterocycles. The smallest absolute Gasteiger partial charge is 0.128 e. The average Bonchev–Trinajstić information content (AvgIpc) is 3.42. The molecule has 8 aromatic carbocycles. The summed E-state index contributed by atoms with van der Waals surface area (Å²) in [7, 11) is 0. The van der Waals surface area contributed by atoms with Gasteiger partial charge in [0, 0.05) is 39.6 Å². The maximum absolute atomic E-state index is 7.57. The predicted octanol–water partition coefficient (Wildman–Crippen LogP) is 22.7. The number of rotatable bonds is 2. The number of hydrogen-bond acceptors (Lipinski definition) is 7. The quantitative estimate of drug-likeness (QED) is 0.102. The molecule has 0 spiro atoms. The minimum absolute atomic E-state index is 0. The van der Waals surface area contributed by atoms with E-state index in [9.17, 15) is 0 Å². The molecule has 0 aromatic heterocycles. The number of aliphatic hydroxyl groups is 6. The van der Waals surface area contributed by atoms with Gasteiger partial charge in [0.05, 0.1) is 0 Å². The molecule has 0 atom stereocenters. The second-order valence-electron chi connectivity index (χ2n) is 15.2. The number of hydrogen-bond donors (Lipinski definition) is 6. The lowest BCUT2D eigenvalue weighted by molar-refractivity contribution is 0.318. The molecule has 0 bridgehead atoms. The summed E-state index contributed by atoms with van der Waals surface area (Å²) in [6.07, 6.45) is 0. The van der Waals surface area contributed by atoms with Gasteiger partial charge in [-0.15, -0.1) is 0 Å². The third-order valence-corrected chi connectivity index (χ3v) is 6.99. The van der Waals surface area contributed by atoms with Gasteiger partial charge in [0.25, 0.3) is 0 Å². The zero-order chi connectivity index (χ0) is 59.1. The Kier molecular flexibility index (Phi) is 117.